The molecule has 13 heavy (non-hydrogen) atoms. The van der Waals surface area contributed by atoms with Gasteiger partial charge in [-0.25, -0.2) is 8.42 Å². The van der Waals surface area contributed by atoms with E-state index in [1.54, 1.807) is 37.3 Å². The molecule has 0 aliphatic rings. The zero-order chi connectivity index (χ0) is 10.4. The minimum atomic E-state index is -3.64. The first-order valence-corrected chi connectivity index (χ1v) is 6.04. The summed E-state index contributed by atoms with van der Waals surface area (Å²) in [5.41, 5.74) is 1.30. The summed E-state index contributed by atoms with van der Waals surface area (Å²) in [5, 5.41) is 0. The molecule has 0 spiro atoms. The van der Waals surface area contributed by atoms with Crippen LogP contribution in [-0.4, -0.2) is 13.1 Å². The molecular weight excluding hydrogens is 212 g/mol. The second-order valence-electron chi connectivity index (χ2n) is 2.99. The Morgan fingerprint density at radius 3 is 2.00 bits per heavy atom. The Bertz CT molecular complexity index is 422. The van der Waals surface area contributed by atoms with Crippen molar-refractivity contribution in [3.05, 3.63) is 11.4 Å². The van der Waals surface area contributed by atoms with Crippen molar-refractivity contribution >= 4 is 19.7 Å². The van der Waals surface area contributed by atoms with E-state index in [-0.39, 0.29) is 4.90 Å². The van der Waals surface area contributed by atoms with Gasteiger partial charge in [-0.2, -0.15) is 4.68 Å². The molecule has 1 heterocycles. The lowest BCUT2D eigenvalue weighted by Crippen LogP contribution is -2.39. The Hall–Kier alpha value is -0.550. The lowest BCUT2D eigenvalue weighted by molar-refractivity contribution is -0.757. The van der Waals surface area contributed by atoms with E-state index in [4.69, 9.17) is 10.7 Å². The van der Waals surface area contributed by atoms with E-state index < -0.39 is 9.05 Å². The van der Waals surface area contributed by atoms with Gasteiger partial charge in [-0.3, -0.25) is 0 Å². The lowest BCUT2D eigenvalue weighted by atomic mass is 10.4. The maximum Gasteiger partial charge on any atom is 0.269 e. The average Bonchev–Trinajstić information content (AvgIpc) is 2.14. The summed E-state index contributed by atoms with van der Waals surface area (Å²) in [6.07, 6.45) is 0. The molecule has 6 heteroatoms. The second-order valence-corrected chi connectivity index (χ2v) is 5.49. The topological polar surface area (TPSA) is 43.0 Å². The highest BCUT2D eigenvalue weighted by molar-refractivity contribution is 8.13. The normalized spacial score (nSPS) is 12.1. The summed E-state index contributed by atoms with van der Waals surface area (Å²) in [6, 6.07) is 0. The predicted molar refractivity (Wildman–Crippen MR) is 49.1 cm³/mol. The predicted octanol–water partition coefficient (Wildman–Crippen LogP) is 0.394. The number of hydrogen-bond donors (Lipinski definition) is 0. The molecule has 0 saturated heterocycles. The van der Waals surface area contributed by atoms with Crippen molar-refractivity contribution in [3.8, 4) is 0 Å². The van der Waals surface area contributed by atoms with Crippen LogP contribution in [0, 0.1) is 13.8 Å². The SMILES string of the molecule is Cc1c(S(=O)(=O)Cl)c(C)[n+](C)n1C. The molecule has 1 aromatic rings. The zero-order valence-corrected chi connectivity index (χ0v) is 9.57. The minimum Gasteiger partial charge on any atom is -0.207 e. The van der Waals surface area contributed by atoms with E-state index in [1.165, 1.54) is 0 Å². The van der Waals surface area contributed by atoms with Crippen LogP contribution in [-0.2, 0) is 23.1 Å². The Balaban J connectivity index is 3.66. The van der Waals surface area contributed by atoms with E-state index >= 15 is 0 Å². The van der Waals surface area contributed by atoms with Crippen LogP contribution in [0.3, 0.4) is 0 Å². The van der Waals surface area contributed by atoms with E-state index in [2.05, 4.69) is 0 Å². The van der Waals surface area contributed by atoms with E-state index in [0.717, 1.165) is 0 Å². The molecule has 0 N–H and O–H groups in total. The quantitative estimate of drug-likeness (QED) is 0.511. The highest BCUT2D eigenvalue weighted by Crippen LogP contribution is 2.20. The monoisotopic (exact) mass is 223 g/mol. The van der Waals surface area contributed by atoms with E-state index in [1.807, 2.05) is 0 Å². The summed E-state index contributed by atoms with van der Waals surface area (Å²) in [4.78, 5) is 0.208. The Morgan fingerprint density at radius 2 is 1.85 bits per heavy atom. The van der Waals surface area contributed by atoms with Gasteiger partial charge in [-0.05, 0) is 6.92 Å². The molecule has 0 aliphatic heterocycles. The van der Waals surface area contributed by atoms with Crippen LogP contribution in [0.25, 0.3) is 0 Å². The third-order valence-electron chi connectivity index (χ3n) is 2.32. The van der Waals surface area contributed by atoms with Gasteiger partial charge < -0.3 is 0 Å². The van der Waals surface area contributed by atoms with Gasteiger partial charge in [0.2, 0.25) is 5.69 Å². The number of nitrogens with zero attached hydrogens (tertiary/aromatic N) is 2. The molecule has 0 radical (unpaired) electrons. The summed E-state index contributed by atoms with van der Waals surface area (Å²) in [7, 11) is 5.24. The Kier molecular flexibility index (Phi) is 2.42. The molecule has 0 fully saturated rings. The van der Waals surface area contributed by atoms with Crippen molar-refractivity contribution in [2.45, 2.75) is 18.7 Å². The highest BCUT2D eigenvalue weighted by Gasteiger charge is 2.28. The largest absolute Gasteiger partial charge is 0.269 e. The van der Waals surface area contributed by atoms with Gasteiger partial charge in [-0.1, -0.05) is 0 Å². The number of aromatic nitrogens is 2. The van der Waals surface area contributed by atoms with Crippen molar-refractivity contribution in [3.63, 3.8) is 0 Å². The first-order valence-electron chi connectivity index (χ1n) is 3.73. The van der Waals surface area contributed by atoms with Gasteiger partial charge in [0.05, 0.1) is 12.7 Å². The fraction of sp³-hybridized carbons (Fsp3) is 0.571. The maximum atomic E-state index is 11.2. The van der Waals surface area contributed by atoms with Crippen molar-refractivity contribution in [1.82, 2.24) is 4.68 Å². The first kappa shape index (κ1) is 10.5. The van der Waals surface area contributed by atoms with Crippen molar-refractivity contribution in [1.29, 1.82) is 0 Å². The molecule has 1 aromatic heterocycles. The van der Waals surface area contributed by atoms with Gasteiger partial charge in [0.15, 0.2) is 11.9 Å². The molecule has 0 saturated carbocycles. The van der Waals surface area contributed by atoms with Gasteiger partial charge in [0.1, 0.15) is 0 Å². The number of halogens is 1. The first-order chi connectivity index (χ1) is 5.76. The number of hydrogen-bond acceptors (Lipinski definition) is 2. The van der Waals surface area contributed by atoms with Gasteiger partial charge in [0.25, 0.3) is 9.05 Å². The van der Waals surface area contributed by atoms with Crippen LogP contribution < -0.4 is 4.68 Å². The molecule has 0 amide bonds. The summed E-state index contributed by atoms with van der Waals surface area (Å²) < 4.78 is 25.8. The summed E-state index contributed by atoms with van der Waals surface area (Å²) in [5.74, 6) is 0. The number of rotatable bonds is 1. The van der Waals surface area contributed by atoms with Crippen LogP contribution in [0.4, 0.5) is 0 Å². The summed E-state index contributed by atoms with van der Waals surface area (Å²) in [6.45, 7) is 3.45. The minimum absolute atomic E-state index is 0.208. The smallest absolute Gasteiger partial charge is 0.207 e. The average molecular weight is 224 g/mol. The van der Waals surface area contributed by atoms with Crippen molar-refractivity contribution < 1.29 is 13.1 Å². The second kappa shape index (κ2) is 2.99. The van der Waals surface area contributed by atoms with Crippen LogP contribution in [0.15, 0.2) is 4.90 Å². The van der Waals surface area contributed by atoms with Crippen molar-refractivity contribution in [2.75, 3.05) is 0 Å². The van der Waals surface area contributed by atoms with Gasteiger partial charge in [-0.15, -0.1) is 4.68 Å². The highest BCUT2D eigenvalue weighted by atomic mass is 35.7. The molecule has 74 valence electrons. The molecule has 4 nitrogen and oxygen atoms in total. The van der Waals surface area contributed by atoms with E-state index in [9.17, 15) is 8.42 Å². The van der Waals surface area contributed by atoms with Crippen LogP contribution in [0.1, 0.15) is 11.4 Å². The third kappa shape index (κ3) is 1.58. The fourth-order valence-electron chi connectivity index (χ4n) is 1.36. The lowest BCUT2D eigenvalue weighted by Gasteiger charge is -1.91. The van der Waals surface area contributed by atoms with E-state index in [0.29, 0.717) is 11.4 Å². The summed E-state index contributed by atoms with van der Waals surface area (Å²) >= 11 is 0. The molecular formula is C7H12ClN2O2S+. The maximum absolute atomic E-state index is 11.2. The third-order valence-corrected chi connectivity index (χ3v) is 3.86. The van der Waals surface area contributed by atoms with Gasteiger partial charge in [0, 0.05) is 17.6 Å². The van der Waals surface area contributed by atoms with Gasteiger partial charge >= 0.3 is 0 Å². The standard InChI is InChI=1S/C7H12ClN2O2S/c1-5-7(13(8,11)12)6(2)10(4)9(5)3/h1-4H3/q+1. The molecule has 0 bridgehead atoms. The molecule has 0 unspecified atom stereocenters. The zero-order valence-electron chi connectivity index (χ0n) is 8.00. The van der Waals surface area contributed by atoms with Crippen LogP contribution in [0.5, 0.6) is 0 Å². The van der Waals surface area contributed by atoms with Crippen molar-refractivity contribution in [2.24, 2.45) is 14.1 Å². The molecule has 1 rings (SSSR count). The Morgan fingerprint density at radius 1 is 1.38 bits per heavy atom. The molecule has 0 aliphatic carbocycles. The van der Waals surface area contributed by atoms with Crippen LogP contribution in [0.2, 0.25) is 0 Å². The fourth-order valence-corrected chi connectivity index (χ4v) is 3.00. The molecule has 0 aromatic carbocycles. The Labute approximate surface area is 82.1 Å². The van der Waals surface area contributed by atoms with Crippen LogP contribution >= 0.6 is 10.7 Å². The molecule has 0 atom stereocenters.